The van der Waals surface area contributed by atoms with E-state index in [2.05, 4.69) is 10.1 Å². The van der Waals surface area contributed by atoms with Crippen LogP contribution >= 0.6 is 0 Å². The first-order chi connectivity index (χ1) is 5.81. The van der Waals surface area contributed by atoms with Gasteiger partial charge in [0.2, 0.25) is 0 Å². The van der Waals surface area contributed by atoms with Crippen molar-refractivity contribution in [2.24, 2.45) is 5.92 Å². The summed E-state index contributed by atoms with van der Waals surface area (Å²) in [4.78, 5) is 22.4. The zero-order valence-corrected chi connectivity index (χ0v) is 8.80. The highest BCUT2D eigenvalue weighted by Crippen LogP contribution is 2.11. The number of amides is 1. The molecule has 0 aliphatic heterocycles. The minimum absolute atomic E-state index is 0. The van der Waals surface area contributed by atoms with Crippen molar-refractivity contribution >= 4 is 11.9 Å². The number of Topliss-reactive ketones (excluding diaryl/α,β-unsaturated/α-hetero) is 1. The molecule has 0 aromatic heterocycles. The van der Waals surface area contributed by atoms with Gasteiger partial charge in [-0.05, 0) is 13.8 Å². The van der Waals surface area contributed by atoms with E-state index in [9.17, 15) is 9.59 Å². The summed E-state index contributed by atoms with van der Waals surface area (Å²) in [6.07, 6.45) is -0.584. The molecular formula is C9H19NO3. The van der Waals surface area contributed by atoms with Gasteiger partial charge in [-0.3, -0.25) is 4.79 Å². The van der Waals surface area contributed by atoms with Crippen molar-refractivity contribution in [1.82, 2.24) is 5.32 Å². The molecule has 0 aliphatic rings. The molecule has 0 spiro atoms. The van der Waals surface area contributed by atoms with E-state index in [1.807, 2.05) is 0 Å². The van der Waals surface area contributed by atoms with Gasteiger partial charge in [-0.2, -0.15) is 0 Å². The van der Waals surface area contributed by atoms with Crippen LogP contribution in [0.5, 0.6) is 0 Å². The maximum absolute atomic E-state index is 11.5. The van der Waals surface area contributed by atoms with Crippen LogP contribution in [-0.2, 0) is 9.53 Å². The van der Waals surface area contributed by atoms with Crippen molar-refractivity contribution in [3.63, 3.8) is 0 Å². The fourth-order valence-corrected chi connectivity index (χ4v) is 1.09. The predicted octanol–water partition coefficient (Wildman–Crippen LogP) is 1.59. The van der Waals surface area contributed by atoms with Gasteiger partial charge in [-0.1, -0.05) is 13.8 Å². The predicted molar refractivity (Wildman–Crippen MR) is 51.6 cm³/mol. The first-order valence-corrected chi connectivity index (χ1v) is 4.21. The number of hydrogen-bond donors (Lipinski definition) is 1. The Morgan fingerprint density at radius 2 is 1.85 bits per heavy atom. The molecule has 1 amide bonds. The third kappa shape index (κ3) is 3.44. The fraction of sp³-hybridized carbons (Fsp3) is 0.778. The van der Waals surface area contributed by atoms with Crippen LogP contribution in [0, 0.1) is 5.92 Å². The number of nitrogens with one attached hydrogen (secondary N) is 1. The maximum Gasteiger partial charge on any atom is 0.407 e. The highest BCUT2D eigenvalue weighted by Gasteiger charge is 2.31. The lowest BCUT2D eigenvalue weighted by Gasteiger charge is -2.25. The highest BCUT2D eigenvalue weighted by atomic mass is 16.5. The Balaban J connectivity index is 0. The maximum atomic E-state index is 11.5. The molecule has 0 aliphatic carbocycles. The molecule has 0 fully saturated rings. The normalized spacial score (nSPS) is 11.2. The summed E-state index contributed by atoms with van der Waals surface area (Å²) in [6.45, 7) is 6.91. The molecule has 0 saturated heterocycles. The number of methoxy groups -OCH3 is 1. The van der Waals surface area contributed by atoms with Gasteiger partial charge in [-0.15, -0.1) is 0 Å². The minimum Gasteiger partial charge on any atom is -0.453 e. The lowest BCUT2D eigenvalue weighted by molar-refractivity contribution is -0.127. The Morgan fingerprint density at radius 3 is 2.15 bits per heavy atom. The summed E-state index contributed by atoms with van der Waals surface area (Å²) < 4.78 is 4.41. The molecule has 0 bridgehead atoms. The van der Waals surface area contributed by atoms with Crippen molar-refractivity contribution < 1.29 is 15.8 Å². The fourth-order valence-electron chi connectivity index (χ4n) is 1.09. The van der Waals surface area contributed by atoms with Crippen LogP contribution in [0.4, 0.5) is 4.79 Å². The van der Waals surface area contributed by atoms with E-state index < -0.39 is 11.6 Å². The van der Waals surface area contributed by atoms with Gasteiger partial charge in [0, 0.05) is 7.34 Å². The van der Waals surface area contributed by atoms with Crippen LogP contribution in [0.2, 0.25) is 0 Å². The van der Waals surface area contributed by atoms with Crippen LogP contribution in [0.15, 0.2) is 0 Å². The molecule has 0 atom stereocenters. The van der Waals surface area contributed by atoms with Gasteiger partial charge in [0.15, 0.2) is 5.78 Å². The zero-order chi connectivity index (χ0) is 10.6. The van der Waals surface area contributed by atoms with E-state index in [0.29, 0.717) is 0 Å². The molecule has 0 unspecified atom stereocenters. The zero-order valence-electron chi connectivity index (χ0n) is 8.80. The number of alkyl carbamates (subject to hydrolysis) is 1. The molecule has 4 nitrogen and oxygen atoms in total. The van der Waals surface area contributed by atoms with E-state index in [4.69, 9.17) is 0 Å². The Kier molecular flexibility index (Phi) is 3.91. The van der Waals surface area contributed by atoms with E-state index in [1.165, 1.54) is 7.11 Å². The summed E-state index contributed by atoms with van der Waals surface area (Å²) in [7, 11) is 1.27. The lowest BCUT2D eigenvalue weighted by Crippen LogP contribution is -2.51. The Morgan fingerprint density at radius 1 is 1.38 bits per heavy atom. The van der Waals surface area contributed by atoms with Gasteiger partial charge in [0.1, 0.15) is 0 Å². The number of carbonyl (C=O) groups excluding carboxylic acids is 2. The minimum atomic E-state index is -0.860. The Labute approximate surface area is 80.1 Å². The number of hydrogen-bond acceptors (Lipinski definition) is 3. The average molecular weight is 189 g/mol. The SMILES string of the molecule is COC(=O)NC(C)(C)C(=O)C(C)C.[HH]. The van der Waals surface area contributed by atoms with Crippen molar-refractivity contribution in [3.05, 3.63) is 0 Å². The van der Waals surface area contributed by atoms with Gasteiger partial charge in [-0.25, -0.2) is 4.79 Å². The number of rotatable bonds is 3. The molecule has 0 radical (unpaired) electrons. The highest BCUT2D eigenvalue weighted by molar-refractivity contribution is 5.92. The molecule has 0 saturated carbocycles. The van der Waals surface area contributed by atoms with Gasteiger partial charge < -0.3 is 10.1 Å². The molecule has 78 valence electrons. The van der Waals surface area contributed by atoms with E-state index in [0.717, 1.165) is 0 Å². The summed E-state index contributed by atoms with van der Waals surface area (Å²) in [5.41, 5.74) is -0.860. The second-order valence-electron chi connectivity index (χ2n) is 3.76. The summed E-state index contributed by atoms with van der Waals surface area (Å²) in [5.74, 6) is -0.120. The Hall–Kier alpha value is -1.06. The first-order valence-electron chi connectivity index (χ1n) is 4.21. The van der Waals surface area contributed by atoms with Gasteiger partial charge in [0.05, 0.1) is 12.6 Å². The Bertz CT molecular complexity index is 214. The second kappa shape index (κ2) is 4.25. The summed E-state index contributed by atoms with van der Waals surface area (Å²) >= 11 is 0. The monoisotopic (exact) mass is 189 g/mol. The average Bonchev–Trinajstić information content (AvgIpc) is 2.01. The van der Waals surface area contributed by atoms with E-state index >= 15 is 0 Å². The molecule has 13 heavy (non-hydrogen) atoms. The smallest absolute Gasteiger partial charge is 0.407 e. The van der Waals surface area contributed by atoms with E-state index in [1.54, 1.807) is 27.7 Å². The molecule has 0 heterocycles. The quantitative estimate of drug-likeness (QED) is 0.733. The molecule has 0 aromatic carbocycles. The van der Waals surface area contributed by atoms with Crippen LogP contribution in [0.3, 0.4) is 0 Å². The molecule has 0 aromatic rings. The van der Waals surface area contributed by atoms with Crippen molar-refractivity contribution in [2.45, 2.75) is 33.2 Å². The van der Waals surface area contributed by atoms with Crippen LogP contribution in [0.25, 0.3) is 0 Å². The van der Waals surface area contributed by atoms with Crippen molar-refractivity contribution in [2.75, 3.05) is 7.11 Å². The largest absolute Gasteiger partial charge is 0.453 e. The standard InChI is InChI=1S/C9H17NO3.H2/c1-6(2)7(11)9(3,4)10-8(12)13-5;/h6H,1-5H3,(H,10,12);1H. The number of ketones is 1. The second-order valence-corrected chi connectivity index (χ2v) is 3.76. The van der Waals surface area contributed by atoms with Crippen molar-refractivity contribution in [3.8, 4) is 0 Å². The van der Waals surface area contributed by atoms with Crippen molar-refractivity contribution in [1.29, 1.82) is 0 Å². The molecule has 4 heteroatoms. The van der Waals surface area contributed by atoms with Crippen LogP contribution in [-0.4, -0.2) is 24.5 Å². The third-order valence-electron chi connectivity index (χ3n) is 1.74. The van der Waals surface area contributed by atoms with Crippen LogP contribution < -0.4 is 5.32 Å². The third-order valence-corrected chi connectivity index (χ3v) is 1.74. The lowest BCUT2D eigenvalue weighted by atomic mass is 9.91. The number of ether oxygens (including phenoxy) is 1. The molecular weight excluding hydrogens is 170 g/mol. The molecule has 1 N–H and O–H groups in total. The number of carbonyl (C=O) groups is 2. The van der Waals surface area contributed by atoms with Gasteiger partial charge >= 0.3 is 6.09 Å². The summed E-state index contributed by atoms with van der Waals surface area (Å²) in [5, 5.41) is 2.48. The summed E-state index contributed by atoms with van der Waals surface area (Å²) in [6, 6.07) is 0. The molecule has 0 rings (SSSR count). The van der Waals surface area contributed by atoms with E-state index in [-0.39, 0.29) is 13.1 Å². The van der Waals surface area contributed by atoms with Gasteiger partial charge in [0.25, 0.3) is 0 Å². The first kappa shape index (κ1) is 11.9. The van der Waals surface area contributed by atoms with Crippen LogP contribution in [0.1, 0.15) is 29.1 Å². The topological polar surface area (TPSA) is 55.4 Å².